The van der Waals surface area contributed by atoms with Crippen molar-refractivity contribution in [2.24, 2.45) is 0 Å². The zero-order valence-electron chi connectivity index (χ0n) is 9.07. The number of nitrogens with two attached hydrogens (primary N) is 1. The van der Waals surface area contributed by atoms with E-state index in [0.717, 1.165) is 16.7 Å². The van der Waals surface area contributed by atoms with Crippen molar-refractivity contribution in [1.29, 1.82) is 5.26 Å². The van der Waals surface area contributed by atoms with E-state index in [9.17, 15) is 0 Å². The third-order valence-corrected chi connectivity index (χ3v) is 2.64. The fraction of sp³-hybridized carbons (Fsp3) is 0.0714. The summed E-state index contributed by atoms with van der Waals surface area (Å²) >= 11 is 0. The van der Waals surface area contributed by atoms with Gasteiger partial charge in [0, 0.05) is 5.56 Å². The van der Waals surface area contributed by atoms with Gasteiger partial charge in [0.25, 0.3) is 0 Å². The number of nitrogen functional groups attached to an aromatic ring is 1. The van der Waals surface area contributed by atoms with Gasteiger partial charge in [0.2, 0.25) is 0 Å². The van der Waals surface area contributed by atoms with Crippen LogP contribution in [0.15, 0.2) is 42.5 Å². The Morgan fingerprint density at radius 3 is 2.38 bits per heavy atom. The summed E-state index contributed by atoms with van der Waals surface area (Å²) in [6.07, 6.45) is 0. The fourth-order valence-electron chi connectivity index (χ4n) is 1.79. The molecule has 0 spiro atoms. The van der Waals surface area contributed by atoms with Gasteiger partial charge in [-0.2, -0.15) is 5.26 Å². The molecule has 0 atom stereocenters. The summed E-state index contributed by atoms with van der Waals surface area (Å²) in [5, 5.41) is 9.12. The summed E-state index contributed by atoms with van der Waals surface area (Å²) in [6.45, 7) is 2.03. The average molecular weight is 208 g/mol. The van der Waals surface area contributed by atoms with E-state index in [-0.39, 0.29) is 0 Å². The minimum atomic E-state index is 0.531. The molecule has 0 aliphatic heterocycles. The molecule has 0 aliphatic rings. The lowest BCUT2D eigenvalue weighted by atomic mass is 9.96. The first-order valence-corrected chi connectivity index (χ1v) is 5.08. The summed E-state index contributed by atoms with van der Waals surface area (Å²) < 4.78 is 0. The molecule has 78 valence electrons. The Morgan fingerprint density at radius 1 is 1.00 bits per heavy atom. The number of anilines is 1. The Kier molecular flexibility index (Phi) is 2.61. The molecule has 2 N–H and O–H groups in total. The Bertz CT molecular complexity index is 565. The zero-order chi connectivity index (χ0) is 11.5. The van der Waals surface area contributed by atoms with E-state index in [4.69, 9.17) is 11.0 Å². The van der Waals surface area contributed by atoms with E-state index in [2.05, 4.69) is 6.07 Å². The number of rotatable bonds is 1. The third-order valence-electron chi connectivity index (χ3n) is 2.64. The summed E-state index contributed by atoms with van der Waals surface area (Å²) in [6, 6.07) is 15.7. The Labute approximate surface area is 95.0 Å². The van der Waals surface area contributed by atoms with Gasteiger partial charge in [-0.25, -0.2) is 0 Å². The van der Waals surface area contributed by atoms with Gasteiger partial charge in [-0.3, -0.25) is 0 Å². The molecule has 0 saturated heterocycles. The van der Waals surface area contributed by atoms with Gasteiger partial charge in [0.05, 0.1) is 11.3 Å². The van der Waals surface area contributed by atoms with E-state index in [0.29, 0.717) is 11.3 Å². The van der Waals surface area contributed by atoms with Crippen LogP contribution in [0.2, 0.25) is 0 Å². The highest BCUT2D eigenvalue weighted by Gasteiger charge is 2.08. The molecule has 0 aliphatic carbocycles. The number of benzene rings is 2. The predicted molar refractivity (Wildman–Crippen MR) is 65.7 cm³/mol. The van der Waals surface area contributed by atoms with Crippen LogP contribution in [0.4, 0.5) is 5.69 Å². The van der Waals surface area contributed by atoms with Crippen LogP contribution < -0.4 is 5.73 Å². The zero-order valence-corrected chi connectivity index (χ0v) is 9.07. The molecule has 0 saturated carbocycles. The molecule has 0 radical (unpaired) electrons. The normalized spacial score (nSPS) is 9.75. The van der Waals surface area contributed by atoms with Gasteiger partial charge in [-0.15, -0.1) is 0 Å². The highest BCUT2D eigenvalue weighted by Crippen LogP contribution is 2.29. The molecule has 0 bridgehead atoms. The molecule has 0 aromatic heterocycles. The van der Waals surface area contributed by atoms with Crippen molar-refractivity contribution in [3.05, 3.63) is 53.6 Å². The maximum Gasteiger partial charge on any atom is 0.102 e. The lowest BCUT2D eigenvalue weighted by Crippen LogP contribution is -1.94. The molecule has 0 fully saturated rings. The number of nitrogens with zero attached hydrogens (tertiary/aromatic N) is 1. The molecule has 0 heterocycles. The second-order valence-corrected chi connectivity index (χ2v) is 3.70. The SMILES string of the molecule is Cc1ccccc1-c1cccc(N)c1C#N. The van der Waals surface area contributed by atoms with Gasteiger partial charge in [-0.05, 0) is 24.1 Å². The number of aryl methyl sites for hydroxylation is 1. The van der Waals surface area contributed by atoms with Gasteiger partial charge in [0.15, 0.2) is 0 Å². The fourth-order valence-corrected chi connectivity index (χ4v) is 1.79. The van der Waals surface area contributed by atoms with E-state index in [1.807, 2.05) is 43.3 Å². The molecular formula is C14H12N2. The van der Waals surface area contributed by atoms with Crippen LogP contribution in [-0.2, 0) is 0 Å². The summed E-state index contributed by atoms with van der Waals surface area (Å²) in [4.78, 5) is 0. The highest BCUT2D eigenvalue weighted by molar-refractivity contribution is 5.78. The van der Waals surface area contributed by atoms with Gasteiger partial charge in [0.1, 0.15) is 6.07 Å². The molecule has 2 rings (SSSR count). The maximum atomic E-state index is 9.12. The van der Waals surface area contributed by atoms with E-state index < -0.39 is 0 Å². The van der Waals surface area contributed by atoms with Crippen molar-refractivity contribution in [3.8, 4) is 17.2 Å². The van der Waals surface area contributed by atoms with Gasteiger partial charge < -0.3 is 5.73 Å². The summed E-state index contributed by atoms with van der Waals surface area (Å²) in [7, 11) is 0. The Hall–Kier alpha value is -2.27. The van der Waals surface area contributed by atoms with Crippen molar-refractivity contribution in [3.63, 3.8) is 0 Å². The number of hydrogen-bond donors (Lipinski definition) is 1. The first-order valence-electron chi connectivity index (χ1n) is 5.08. The quantitative estimate of drug-likeness (QED) is 0.732. The van der Waals surface area contributed by atoms with Crippen molar-refractivity contribution in [2.45, 2.75) is 6.92 Å². The maximum absolute atomic E-state index is 9.12. The second-order valence-electron chi connectivity index (χ2n) is 3.70. The Balaban J connectivity index is 2.71. The van der Waals surface area contributed by atoms with Crippen molar-refractivity contribution >= 4 is 5.69 Å². The second kappa shape index (κ2) is 4.08. The minimum absolute atomic E-state index is 0.531. The van der Waals surface area contributed by atoms with Crippen LogP contribution in [0, 0.1) is 18.3 Å². The standard InChI is InChI=1S/C14H12N2/c1-10-5-2-3-6-11(10)12-7-4-8-14(16)13(12)9-15/h2-8H,16H2,1H3. The van der Waals surface area contributed by atoms with Crippen LogP contribution in [-0.4, -0.2) is 0 Å². The van der Waals surface area contributed by atoms with E-state index in [1.54, 1.807) is 6.07 Å². The molecule has 2 aromatic rings. The summed E-state index contributed by atoms with van der Waals surface area (Å²) in [5.41, 5.74) is 9.99. The smallest absolute Gasteiger partial charge is 0.102 e. The average Bonchev–Trinajstić information content (AvgIpc) is 2.29. The van der Waals surface area contributed by atoms with Crippen molar-refractivity contribution in [1.82, 2.24) is 0 Å². The number of nitriles is 1. The van der Waals surface area contributed by atoms with Crippen molar-refractivity contribution < 1.29 is 0 Å². The molecule has 2 heteroatoms. The molecular weight excluding hydrogens is 196 g/mol. The van der Waals surface area contributed by atoms with Crippen molar-refractivity contribution in [2.75, 3.05) is 5.73 Å². The predicted octanol–water partition coefficient (Wildman–Crippen LogP) is 3.12. The van der Waals surface area contributed by atoms with Crippen LogP contribution in [0.25, 0.3) is 11.1 Å². The topological polar surface area (TPSA) is 49.8 Å². The highest BCUT2D eigenvalue weighted by atomic mass is 14.6. The molecule has 0 unspecified atom stereocenters. The first kappa shape index (κ1) is 10.3. The van der Waals surface area contributed by atoms with Crippen LogP contribution in [0.1, 0.15) is 11.1 Å². The minimum Gasteiger partial charge on any atom is -0.398 e. The lowest BCUT2D eigenvalue weighted by Gasteiger charge is -2.09. The summed E-state index contributed by atoms with van der Waals surface area (Å²) in [5.74, 6) is 0. The first-order chi connectivity index (χ1) is 7.74. The van der Waals surface area contributed by atoms with E-state index >= 15 is 0 Å². The van der Waals surface area contributed by atoms with Crippen LogP contribution in [0.3, 0.4) is 0 Å². The molecule has 2 nitrogen and oxygen atoms in total. The molecule has 16 heavy (non-hydrogen) atoms. The Morgan fingerprint density at radius 2 is 1.69 bits per heavy atom. The van der Waals surface area contributed by atoms with Gasteiger partial charge in [-0.1, -0.05) is 36.4 Å². The monoisotopic (exact) mass is 208 g/mol. The third kappa shape index (κ3) is 1.64. The lowest BCUT2D eigenvalue weighted by molar-refractivity contribution is 1.43. The van der Waals surface area contributed by atoms with Crippen LogP contribution in [0.5, 0.6) is 0 Å². The number of hydrogen-bond acceptors (Lipinski definition) is 2. The van der Waals surface area contributed by atoms with Gasteiger partial charge >= 0.3 is 0 Å². The molecule has 0 amide bonds. The van der Waals surface area contributed by atoms with Crippen LogP contribution >= 0.6 is 0 Å². The largest absolute Gasteiger partial charge is 0.398 e. The van der Waals surface area contributed by atoms with E-state index in [1.165, 1.54) is 0 Å². The molecule has 2 aromatic carbocycles.